The Morgan fingerprint density at radius 1 is 0.950 bits per heavy atom. The summed E-state index contributed by atoms with van der Waals surface area (Å²) in [7, 11) is 0. The summed E-state index contributed by atoms with van der Waals surface area (Å²) in [5.41, 5.74) is 2.83. The molecule has 0 saturated carbocycles. The maximum Gasteiger partial charge on any atom is 0.0234 e. The van der Waals surface area contributed by atoms with Crippen LogP contribution in [-0.2, 0) is 6.54 Å². The molecule has 102 valence electrons. The lowest BCUT2D eigenvalue weighted by molar-refractivity contribution is 0.322. The van der Waals surface area contributed by atoms with Crippen molar-refractivity contribution in [1.82, 2.24) is 4.90 Å². The predicted octanol–water partition coefficient (Wildman–Crippen LogP) is 4.09. The molecule has 0 aromatic heterocycles. The molecule has 0 spiro atoms. The fourth-order valence-corrected chi connectivity index (χ4v) is 3.18. The first-order valence-electron chi connectivity index (χ1n) is 7.30. The summed E-state index contributed by atoms with van der Waals surface area (Å²) in [6, 6.07) is 21.6. The number of likely N-dealkylation sites (tertiary alicyclic amines) is 1. The van der Waals surface area contributed by atoms with Crippen molar-refractivity contribution >= 4 is 0 Å². The third-order valence-electron chi connectivity index (χ3n) is 4.22. The van der Waals surface area contributed by atoms with Gasteiger partial charge in [-0.25, -0.2) is 0 Å². The van der Waals surface area contributed by atoms with Crippen LogP contribution in [-0.4, -0.2) is 18.0 Å². The minimum Gasteiger partial charge on any atom is -0.298 e. The fourth-order valence-electron chi connectivity index (χ4n) is 3.18. The lowest BCUT2D eigenvalue weighted by Gasteiger charge is -2.16. The second-order valence-electron chi connectivity index (χ2n) is 5.60. The highest BCUT2D eigenvalue weighted by atomic mass is 15.1. The number of nitrogens with zero attached hydrogens (tertiary/aromatic N) is 1. The van der Waals surface area contributed by atoms with Crippen LogP contribution in [0, 0.1) is 5.92 Å². The van der Waals surface area contributed by atoms with Crippen LogP contribution in [0.1, 0.15) is 17.0 Å². The summed E-state index contributed by atoms with van der Waals surface area (Å²) in [6.07, 6.45) is 2.13. The van der Waals surface area contributed by atoms with Crippen LogP contribution in [0.3, 0.4) is 0 Å². The van der Waals surface area contributed by atoms with E-state index in [0.29, 0.717) is 11.8 Å². The van der Waals surface area contributed by atoms with Crippen molar-refractivity contribution in [2.45, 2.75) is 12.5 Å². The minimum absolute atomic E-state index is 0.557. The molecule has 0 radical (unpaired) electrons. The smallest absolute Gasteiger partial charge is 0.0234 e. The van der Waals surface area contributed by atoms with Gasteiger partial charge in [0.15, 0.2) is 0 Å². The van der Waals surface area contributed by atoms with E-state index in [0.717, 1.165) is 19.6 Å². The largest absolute Gasteiger partial charge is 0.298 e. The van der Waals surface area contributed by atoms with Crippen LogP contribution in [0.5, 0.6) is 0 Å². The summed E-state index contributed by atoms with van der Waals surface area (Å²) < 4.78 is 0. The van der Waals surface area contributed by atoms with Gasteiger partial charge in [-0.05, 0) is 17.0 Å². The molecule has 1 saturated heterocycles. The van der Waals surface area contributed by atoms with Crippen molar-refractivity contribution < 1.29 is 0 Å². The molecule has 0 aliphatic carbocycles. The van der Waals surface area contributed by atoms with E-state index < -0.39 is 0 Å². The van der Waals surface area contributed by atoms with Crippen molar-refractivity contribution in [2.24, 2.45) is 5.92 Å². The van der Waals surface area contributed by atoms with Crippen molar-refractivity contribution in [2.75, 3.05) is 13.1 Å². The van der Waals surface area contributed by atoms with E-state index in [1.165, 1.54) is 11.1 Å². The molecule has 0 unspecified atom stereocenters. The first-order valence-corrected chi connectivity index (χ1v) is 7.30. The van der Waals surface area contributed by atoms with E-state index in [-0.39, 0.29) is 0 Å². The second-order valence-corrected chi connectivity index (χ2v) is 5.60. The van der Waals surface area contributed by atoms with E-state index >= 15 is 0 Å². The molecule has 0 N–H and O–H groups in total. The average molecular weight is 263 g/mol. The Balaban J connectivity index is 1.73. The third kappa shape index (κ3) is 2.83. The lowest BCUT2D eigenvalue weighted by Crippen LogP contribution is -2.20. The first kappa shape index (κ1) is 13.1. The zero-order valence-electron chi connectivity index (χ0n) is 11.8. The van der Waals surface area contributed by atoms with Gasteiger partial charge in [-0.1, -0.05) is 66.7 Å². The van der Waals surface area contributed by atoms with Gasteiger partial charge in [0.1, 0.15) is 0 Å². The molecule has 1 heterocycles. The summed E-state index contributed by atoms with van der Waals surface area (Å²) in [5.74, 6) is 1.14. The van der Waals surface area contributed by atoms with Crippen LogP contribution in [0.15, 0.2) is 73.3 Å². The van der Waals surface area contributed by atoms with E-state index in [1.807, 2.05) is 0 Å². The van der Waals surface area contributed by atoms with Crippen molar-refractivity contribution in [3.63, 3.8) is 0 Å². The normalized spacial score (nSPS) is 22.8. The SMILES string of the molecule is C=C[C@H]1CN(Cc2ccccc2)C[C@@H]1c1ccccc1. The Kier molecular flexibility index (Phi) is 3.98. The molecule has 2 aromatic carbocycles. The molecule has 2 aromatic rings. The van der Waals surface area contributed by atoms with Crippen LogP contribution < -0.4 is 0 Å². The predicted molar refractivity (Wildman–Crippen MR) is 84.6 cm³/mol. The molecular weight excluding hydrogens is 242 g/mol. The summed E-state index contributed by atoms with van der Waals surface area (Å²) in [4.78, 5) is 2.54. The van der Waals surface area contributed by atoms with Crippen LogP contribution in [0.2, 0.25) is 0 Å². The Hall–Kier alpha value is -1.86. The molecule has 1 aliphatic heterocycles. The van der Waals surface area contributed by atoms with Gasteiger partial charge >= 0.3 is 0 Å². The maximum atomic E-state index is 4.03. The van der Waals surface area contributed by atoms with Gasteiger partial charge in [-0.3, -0.25) is 4.90 Å². The molecule has 1 heteroatoms. The van der Waals surface area contributed by atoms with Gasteiger partial charge < -0.3 is 0 Å². The van der Waals surface area contributed by atoms with Crippen molar-refractivity contribution in [3.05, 3.63) is 84.4 Å². The quantitative estimate of drug-likeness (QED) is 0.751. The maximum absolute atomic E-state index is 4.03. The van der Waals surface area contributed by atoms with Crippen molar-refractivity contribution in [1.29, 1.82) is 0 Å². The molecule has 2 atom stereocenters. The van der Waals surface area contributed by atoms with E-state index in [2.05, 4.69) is 78.2 Å². The first-order chi connectivity index (χ1) is 9.86. The number of benzene rings is 2. The monoisotopic (exact) mass is 263 g/mol. The molecule has 3 rings (SSSR count). The van der Waals surface area contributed by atoms with Gasteiger partial charge in [-0.2, -0.15) is 0 Å². The minimum atomic E-state index is 0.557. The molecule has 1 aliphatic rings. The zero-order chi connectivity index (χ0) is 13.8. The Labute approximate surface area is 121 Å². The Morgan fingerprint density at radius 3 is 2.25 bits per heavy atom. The summed E-state index contributed by atoms with van der Waals surface area (Å²) >= 11 is 0. The van der Waals surface area contributed by atoms with E-state index in [9.17, 15) is 0 Å². The zero-order valence-corrected chi connectivity index (χ0v) is 11.8. The number of rotatable bonds is 4. The highest BCUT2D eigenvalue weighted by Gasteiger charge is 2.31. The number of hydrogen-bond acceptors (Lipinski definition) is 1. The van der Waals surface area contributed by atoms with Gasteiger partial charge in [0.05, 0.1) is 0 Å². The Bertz CT molecular complexity index is 546. The molecule has 1 fully saturated rings. The fraction of sp³-hybridized carbons (Fsp3) is 0.263. The lowest BCUT2D eigenvalue weighted by atomic mass is 9.89. The highest BCUT2D eigenvalue weighted by Crippen LogP contribution is 2.33. The topological polar surface area (TPSA) is 3.24 Å². The van der Waals surface area contributed by atoms with Gasteiger partial charge in [0.2, 0.25) is 0 Å². The van der Waals surface area contributed by atoms with Crippen LogP contribution in [0.4, 0.5) is 0 Å². The van der Waals surface area contributed by atoms with Crippen LogP contribution >= 0.6 is 0 Å². The second kappa shape index (κ2) is 6.06. The molecule has 0 bridgehead atoms. The third-order valence-corrected chi connectivity index (χ3v) is 4.22. The van der Waals surface area contributed by atoms with E-state index in [1.54, 1.807) is 0 Å². The van der Waals surface area contributed by atoms with Crippen molar-refractivity contribution in [3.8, 4) is 0 Å². The van der Waals surface area contributed by atoms with E-state index in [4.69, 9.17) is 0 Å². The molecular formula is C19H21N. The van der Waals surface area contributed by atoms with Gasteiger partial charge in [0, 0.05) is 25.6 Å². The van der Waals surface area contributed by atoms with Gasteiger partial charge in [0.25, 0.3) is 0 Å². The Morgan fingerprint density at radius 2 is 1.60 bits per heavy atom. The highest BCUT2D eigenvalue weighted by molar-refractivity contribution is 5.24. The summed E-state index contributed by atoms with van der Waals surface area (Å²) in [6.45, 7) is 7.30. The molecule has 20 heavy (non-hydrogen) atoms. The van der Waals surface area contributed by atoms with Crippen LogP contribution in [0.25, 0.3) is 0 Å². The summed E-state index contributed by atoms with van der Waals surface area (Å²) in [5, 5.41) is 0. The average Bonchev–Trinajstić information content (AvgIpc) is 2.92. The standard InChI is InChI=1S/C19H21N/c1-2-17-14-20(13-16-9-5-3-6-10-16)15-19(17)18-11-7-4-8-12-18/h2-12,17,19H,1,13-15H2/t17-,19-/m0/s1. The van der Waals surface area contributed by atoms with Gasteiger partial charge in [-0.15, -0.1) is 6.58 Å². The molecule has 1 nitrogen and oxygen atoms in total. The number of hydrogen-bond donors (Lipinski definition) is 0. The molecule has 0 amide bonds.